The normalized spacial score (nSPS) is 12.4. The fourth-order valence-corrected chi connectivity index (χ4v) is 5.54. The van der Waals surface area contributed by atoms with Gasteiger partial charge in [0.05, 0.1) is 12.0 Å². The molecule has 152 valence electrons. The summed E-state index contributed by atoms with van der Waals surface area (Å²) in [6.45, 7) is -0.346. The summed E-state index contributed by atoms with van der Waals surface area (Å²) < 4.78 is 59.1. The molecule has 9 heteroatoms. The summed E-state index contributed by atoms with van der Waals surface area (Å²) in [7, 11) is -2.43. The molecule has 0 saturated carbocycles. The highest BCUT2D eigenvalue weighted by molar-refractivity contribution is 7.91. The quantitative estimate of drug-likeness (QED) is 0.607. The van der Waals surface area contributed by atoms with Gasteiger partial charge in [-0.25, -0.2) is 17.2 Å². The van der Waals surface area contributed by atoms with E-state index < -0.39 is 38.2 Å². The van der Waals surface area contributed by atoms with Crippen LogP contribution in [0.25, 0.3) is 0 Å². The van der Waals surface area contributed by atoms with Crippen molar-refractivity contribution in [3.63, 3.8) is 0 Å². The Labute approximate surface area is 170 Å². The van der Waals surface area contributed by atoms with Crippen LogP contribution in [0.1, 0.15) is 20.5 Å². The summed E-state index contributed by atoms with van der Waals surface area (Å²) in [6.07, 6.45) is 0. The number of methoxy groups -OCH3 is 1. The summed E-state index contributed by atoms with van der Waals surface area (Å²) in [6, 6.07) is 12.2. The maximum absolute atomic E-state index is 13.8. The molecule has 0 bridgehead atoms. The number of amides is 1. The van der Waals surface area contributed by atoms with Gasteiger partial charge in [-0.3, -0.25) is 4.79 Å². The van der Waals surface area contributed by atoms with Gasteiger partial charge >= 0.3 is 0 Å². The molecule has 1 atom stereocenters. The Hall–Kier alpha value is -2.78. The van der Waals surface area contributed by atoms with Crippen LogP contribution in [0.15, 0.2) is 64.9 Å². The Bertz CT molecular complexity index is 1080. The fraction of sp³-hybridized carbons (Fsp3) is 0.150. The Morgan fingerprint density at radius 1 is 1.07 bits per heavy atom. The van der Waals surface area contributed by atoms with Gasteiger partial charge in [0, 0.05) is 11.4 Å². The van der Waals surface area contributed by atoms with Gasteiger partial charge in [-0.05, 0) is 47.8 Å². The average molecular weight is 437 g/mol. The summed E-state index contributed by atoms with van der Waals surface area (Å²) in [4.78, 5) is 12.8. The van der Waals surface area contributed by atoms with Crippen LogP contribution in [0.2, 0.25) is 0 Å². The van der Waals surface area contributed by atoms with E-state index in [-0.39, 0.29) is 11.4 Å². The van der Waals surface area contributed by atoms with Crippen molar-refractivity contribution in [2.75, 3.05) is 13.7 Å². The molecular weight excluding hydrogens is 420 g/mol. The molecule has 1 N–H and O–H groups in total. The van der Waals surface area contributed by atoms with E-state index in [1.54, 1.807) is 17.5 Å². The lowest BCUT2D eigenvalue weighted by Crippen LogP contribution is -2.32. The number of halogens is 2. The topological polar surface area (TPSA) is 72.5 Å². The molecule has 0 aliphatic carbocycles. The van der Waals surface area contributed by atoms with Gasteiger partial charge in [-0.2, -0.15) is 0 Å². The van der Waals surface area contributed by atoms with Gasteiger partial charge in [0.2, 0.25) is 0 Å². The Kier molecular flexibility index (Phi) is 6.29. The minimum Gasteiger partial charge on any atom is -0.497 e. The molecule has 1 heterocycles. The Morgan fingerprint density at radius 2 is 1.72 bits per heavy atom. The molecule has 1 amide bonds. The maximum atomic E-state index is 13.8. The molecule has 0 spiro atoms. The zero-order valence-corrected chi connectivity index (χ0v) is 16.9. The third-order valence-electron chi connectivity index (χ3n) is 4.26. The van der Waals surface area contributed by atoms with Crippen molar-refractivity contribution in [2.45, 2.75) is 10.1 Å². The predicted octanol–water partition coefficient (Wildman–Crippen LogP) is 3.98. The molecule has 1 aromatic heterocycles. The third-order valence-corrected chi connectivity index (χ3v) is 7.50. The van der Waals surface area contributed by atoms with E-state index in [0.29, 0.717) is 10.6 Å². The summed E-state index contributed by atoms with van der Waals surface area (Å²) in [5.74, 6) is -2.56. The van der Waals surface area contributed by atoms with E-state index in [9.17, 15) is 22.0 Å². The second-order valence-corrected chi connectivity index (χ2v) is 9.14. The van der Waals surface area contributed by atoms with Crippen molar-refractivity contribution in [1.82, 2.24) is 5.32 Å². The van der Waals surface area contributed by atoms with Gasteiger partial charge in [0.25, 0.3) is 5.91 Å². The molecule has 0 saturated heterocycles. The number of hydrogen-bond donors (Lipinski definition) is 1. The number of benzene rings is 2. The van der Waals surface area contributed by atoms with E-state index in [1.807, 2.05) is 0 Å². The number of hydrogen-bond acceptors (Lipinski definition) is 5. The van der Waals surface area contributed by atoms with Crippen LogP contribution >= 0.6 is 11.3 Å². The van der Waals surface area contributed by atoms with Crippen molar-refractivity contribution in [1.29, 1.82) is 0 Å². The van der Waals surface area contributed by atoms with Crippen molar-refractivity contribution in [2.24, 2.45) is 0 Å². The number of thiophene rings is 1. The minimum atomic E-state index is -3.89. The second-order valence-electron chi connectivity index (χ2n) is 6.03. The number of carbonyl (C=O) groups excluding carboxylic acids is 1. The first-order valence-corrected chi connectivity index (χ1v) is 10.9. The first-order valence-electron chi connectivity index (χ1n) is 8.48. The van der Waals surface area contributed by atoms with Crippen LogP contribution in [-0.4, -0.2) is 28.0 Å². The third kappa shape index (κ3) is 4.46. The number of rotatable bonds is 7. The summed E-state index contributed by atoms with van der Waals surface area (Å²) in [5, 5.41) is 2.95. The minimum absolute atomic E-state index is 0.0445. The number of carbonyl (C=O) groups is 1. The Balaban J connectivity index is 1.89. The lowest BCUT2D eigenvalue weighted by atomic mass is 10.2. The van der Waals surface area contributed by atoms with Gasteiger partial charge in [0.1, 0.15) is 28.2 Å². The molecule has 3 aromatic rings. The van der Waals surface area contributed by atoms with Gasteiger partial charge < -0.3 is 10.1 Å². The first-order chi connectivity index (χ1) is 13.8. The molecule has 0 fully saturated rings. The molecule has 29 heavy (non-hydrogen) atoms. The molecule has 5 nitrogen and oxygen atoms in total. The number of nitrogens with one attached hydrogen (secondary N) is 1. The zero-order valence-electron chi connectivity index (χ0n) is 15.3. The van der Waals surface area contributed by atoms with Crippen molar-refractivity contribution in [3.05, 3.63) is 82.1 Å². The van der Waals surface area contributed by atoms with Crippen molar-refractivity contribution in [3.8, 4) is 5.75 Å². The van der Waals surface area contributed by atoms with Crippen LogP contribution in [0, 0.1) is 11.6 Å². The van der Waals surface area contributed by atoms with Crippen LogP contribution in [0.3, 0.4) is 0 Å². The second kappa shape index (κ2) is 8.71. The van der Waals surface area contributed by atoms with Gasteiger partial charge in [0.15, 0.2) is 9.84 Å². The smallest absolute Gasteiger partial charge is 0.257 e. The zero-order chi connectivity index (χ0) is 21.0. The number of ether oxygens (including phenoxy) is 1. The lowest BCUT2D eigenvalue weighted by Gasteiger charge is -2.18. The molecule has 3 rings (SSSR count). The monoisotopic (exact) mass is 437 g/mol. The Morgan fingerprint density at radius 3 is 2.28 bits per heavy atom. The van der Waals surface area contributed by atoms with Gasteiger partial charge in [-0.1, -0.05) is 12.1 Å². The van der Waals surface area contributed by atoms with Crippen LogP contribution < -0.4 is 10.1 Å². The average Bonchev–Trinajstić information content (AvgIpc) is 3.22. The standard InChI is InChI=1S/C20H17F2NO4S2/c1-27-13-7-9-14(10-8-13)29(25,26)18(17-6-3-11-28-17)12-23-20(24)19-15(21)4-2-5-16(19)22/h2-11,18H,12H2,1H3,(H,23,24)/t18-/m1/s1. The van der Waals surface area contributed by atoms with Crippen LogP contribution in [0.5, 0.6) is 5.75 Å². The largest absolute Gasteiger partial charge is 0.497 e. The molecular formula is C20H17F2NO4S2. The van der Waals surface area contributed by atoms with E-state index in [1.165, 1.54) is 42.7 Å². The van der Waals surface area contributed by atoms with E-state index in [4.69, 9.17) is 4.74 Å². The van der Waals surface area contributed by atoms with E-state index >= 15 is 0 Å². The van der Waals surface area contributed by atoms with Crippen LogP contribution in [0.4, 0.5) is 8.78 Å². The highest BCUT2D eigenvalue weighted by Gasteiger charge is 2.31. The first kappa shape index (κ1) is 20.9. The molecule has 0 unspecified atom stereocenters. The van der Waals surface area contributed by atoms with E-state index in [0.717, 1.165) is 18.2 Å². The summed E-state index contributed by atoms with van der Waals surface area (Å²) >= 11 is 1.21. The van der Waals surface area contributed by atoms with Gasteiger partial charge in [-0.15, -0.1) is 11.3 Å². The molecule has 0 aliphatic rings. The molecule has 0 aliphatic heterocycles. The maximum Gasteiger partial charge on any atom is 0.257 e. The molecule has 0 radical (unpaired) electrons. The van der Waals surface area contributed by atoms with Crippen molar-refractivity contribution >= 4 is 27.1 Å². The lowest BCUT2D eigenvalue weighted by molar-refractivity contribution is 0.0945. The highest BCUT2D eigenvalue weighted by atomic mass is 32.2. The summed E-state index contributed by atoms with van der Waals surface area (Å²) in [5.41, 5.74) is -0.751. The molecule has 2 aromatic carbocycles. The van der Waals surface area contributed by atoms with Crippen LogP contribution in [-0.2, 0) is 9.84 Å². The van der Waals surface area contributed by atoms with E-state index in [2.05, 4.69) is 5.32 Å². The predicted molar refractivity (Wildman–Crippen MR) is 106 cm³/mol. The fourth-order valence-electron chi connectivity index (χ4n) is 2.76. The highest BCUT2D eigenvalue weighted by Crippen LogP contribution is 2.32. The SMILES string of the molecule is COc1ccc(S(=O)(=O)[C@H](CNC(=O)c2c(F)cccc2F)c2cccs2)cc1. The van der Waals surface area contributed by atoms with Crippen molar-refractivity contribution < 1.29 is 26.7 Å². The number of sulfone groups is 1.